The zero-order valence-corrected chi connectivity index (χ0v) is 18.0. The summed E-state index contributed by atoms with van der Waals surface area (Å²) in [6, 6.07) is 6.02. The number of anilines is 1. The van der Waals surface area contributed by atoms with Crippen LogP contribution in [0.2, 0.25) is 5.02 Å². The van der Waals surface area contributed by atoms with Gasteiger partial charge in [0.05, 0.1) is 35.4 Å². The number of nitrogens with zero attached hydrogens (tertiary/aromatic N) is 4. The number of benzene rings is 1. The van der Waals surface area contributed by atoms with Gasteiger partial charge in [0.15, 0.2) is 0 Å². The molecule has 3 N–H and O–H groups in total. The van der Waals surface area contributed by atoms with Gasteiger partial charge in [0.25, 0.3) is 5.91 Å². The molecular formula is C21H20ClF3N6O2. The molecule has 12 heteroatoms. The number of halogens is 4. The molecule has 0 bridgehead atoms. The number of hydrogen-bond acceptors (Lipinski definition) is 7. The third-order valence-corrected chi connectivity index (χ3v) is 5.64. The molecule has 0 spiro atoms. The number of hydrogen-bond donors (Lipinski definition) is 2. The van der Waals surface area contributed by atoms with Crippen LogP contribution < -0.4 is 11.1 Å². The summed E-state index contributed by atoms with van der Waals surface area (Å²) in [4.78, 5) is 26.2. The topological polar surface area (TPSA) is 106 Å². The molecule has 1 atom stereocenters. The highest BCUT2D eigenvalue weighted by Gasteiger charge is 2.35. The number of amides is 1. The molecule has 3 aromatic rings. The van der Waals surface area contributed by atoms with Crippen molar-refractivity contribution in [3.05, 3.63) is 58.6 Å². The van der Waals surface area contributed by atoms with Gasteiger partial charge >= 0.3 is 6.18 Å². The highest BCUT2D eigenvalue weighted by molar-refractivity contribution is 6.35. The van der Waals surface area contributed by atoms with Gasteiger partial charge in [-0.2, -0.15) is 13.2 Å². The fourth-order valence-corrected chi connectivity index (χ4v) is 3.96. The maximum Gasteiger partial charge on any atom is 0.451 e. The molecule has 1 saturated heterocycles. The molecule has 0 radical (unpaired) electrons. The first-order chi connectivity index (χ1) is 15.7. The van der Waals surface area contributed by atoms with Crippen LogP contribution >= 0.6 is 11.6 Å². The Bertz CT molecular complexity index is 1150. The van der Waals surface area contributed by atoms with Crippen LogP contribution in [-0.4, -0.2) is 58.6 Å². The molecule has 8 nitrogen and oxygen atoms in total. The summed E-state index contributed by atoms with van der Waals surface area (Å²) in [5.74, 6) is -1.35. The van der Waals surface area contributed by atoms with Crippen LogP contribution in [0.1, 0.15) is 27.8 Å². The molecular weight excluding hydrogens is 461 g/mol. The second-order valence-electron chi connectivity index (χ2n) is 7.44. The quantitative estimate of drug-likeness (QED) is 0.578. The lowest BCUT2D eigenvalue weighted by molar-refractivity contribution is -0.145. The first-order valence-corrected chi connectivity index (χ1v) is 10.5. The molecule has 3 heterocycles. The number of nitrogen functional groups attached to an aromatic ring is 1. The fourth-order valence-electron chi connectivity index (χ4n) is 3.71. The lowest BCUT2D eigenvalue weighted by Crippen LogP contribution is -2.44. The number of fused-ring (bicyclic) bond motifs is 1. The lowest BCUT2D eigenvalue weighted by Gasteiger charge is -2.34. The van der Waals surface area contributed by atoms with E-state index in [1.807, 2.05) is 4.90 Å². The van der Waals surface area contributed by atoms with Gasteiger partial charge in [-0.3, -0.25) is 9.69 Å². The van der Waals surface area contributed by atoms with E-state index in [-0.39, 0.29) is 17.1 Å². The number of rotatable bonds is 5. The van der Waals surface area contributed by atoms with E-state index in [9.17, 15) is 18.0 Å². The third kappa shape index (κ3) is 5.15. The lowest BCUT2D eigenvalue weighted by atomic mass is 10.1. The average Bonchev–Trinajstić information content (AvgIpc) is 2.79. The number of alkyl halides is 3. The van der Waals surface area contributed by atoms with Crippen molar-refractivity contribution in [1.82, 2.24) is 25.2 Å². The molecule has 0 saturated carbocycles. The van der Waals surface area contributed by atoms with Crippen LogP contribution in [0.5, 0.6) is 0 Å². The minimum atomic E-state index is -4.64. The van der Waals surface area contributed by atoms with Gasteiger partial charge in [-0.15, -0.1) is 0 Å². The summed E-state index contributed by atoms with van der Waals surface area (Å²) in [5, 5.41) is 3.62. The Labute approximate surface area is 191 Å². The predicted molar refractivity (Wildman–Crippen MR) is 116 cm³/mol. The zero-order chi connectivity index (χ0) is 23.6. The van der Waals surface area contributed by atoms with Gasteiger partial charge in [-0.1, -0.05) is 11.6 Å². The van der Waals surface area contributed by atoms with E-state index in [1.54, 1.807) is 24.3 Å². The maximum absolute atomic E-state index is 13.1. The van der Waals surface area contributed by atoms with E-state index < -0.39 is 23.9 Å². The molecule has 174 valence electrons. The molecule has 1 aliphatic rings. The standard InChI is InChI=1S/C21H20ClF3N6O2/c22-14-2-3-15-13(1-4-17(26)30-15)18(14)19(32)27-11-16(31-5-7-33-8-6-31)12-9-28-20(29-10-12)21(23,24)25/h1-4,9-10,16H,5-8,11H2,(H2,26,30)(H,27,32). The van der Waals surface area contributed by atoms with E-state index in [0.29, 0.717) is 48.6 Å². The largest absolute Gasteiger partial charge is 0.451 e. The van der Waals surface area contributed by atoms with Crippen LogP contribution in [0.25, 0.3) is 10.9 Å². The number of carbonyl (C=O) groups is 1. The molecule has 4 rings (SSSR count). The normalized spacial score (nSPS) is 16.0. The number of morpholine rings is 1. The van der Waals surface area contributed by atoms with Gasteiger partial charge < -0.3 is 15.8 Å². The van der Waals surface area contributed by atoms with Crippen molar-refractivity contribution in [1.29, 1.82) is 0 Å². The Kier molecular flexibility index (Phi) is 6.63. The highest BCUT2D eigenvalue weighted by atomic mass is 35.5. The molecule has 1 amide bonds. The van der Waals surface area contributed by atoms with Crippen molar-refractivity contribution in [2.24, 2.45) is 0 Å². The molecule has 33 heavy (non-hydrogen) atoms. The minimum Gasteiger partial charge on any atom is -0.384 e. The van der Waals surface area contributed by atoms with Gasteiger partial charge in [0.1, 0.15) is 5.82 Å². The van der Waals surface area contributed by atoms with Gasteiger partial charge in [0.2, 0.25) is 5.82 Å². The fraction of sp³-hybridized carbons (Fsp3) is 0.333. The number of carbonyl (C=O) groups excluding carboxylic acids is 1. The van der Waals surface area contributed by atoms with Crippen molar-refractivity contribution in [2.75, 3.05) is 38.6 Å². The van der Waals surface area contributed by atoms with Gasteiger partial charge in [-0.05, 0) is 24.3 Å². The van der Waals surface area contributed by atoms with Crippen LogP contribution in [0.4, 0.5) is 19.0 Å². The first kappa shape index (κ1) is 23.1. The molecule has 1 unspecified atom stereocenters. The maximum atomic E-state index is 13.1. The Morgan fingerprint density at radius 1 is 1.18 bits per heavy atom. The number of nitrogens with one attached hydrogen (secondary N) is 1. The van der Waals surface area contributed by atoms with Gasteiger partial charge in [-0.25, -0.2) is 15.0 Å². The second-order valence-corrected chi connectivity index (χ2v) is 7.84. The number of pyridine rings is 1. The van der Waals surface area contributed by atoms with E-state index in [1.165, 1.54) is 0 Å². The Balaban J connectivity index is 1.59. The van der Waals surface area contributed by atoms with Crippen LogP contribution in [0.3, 0.4) is 0 Å². The van der Waals surface area contributed by atoms with Crippen molar-refractivity contribution in [3.63, 3.8) is 0 Å². The monoisotopic (exact) mass is 480 g/mol. The van der Waals surface area contributed by atoms with Crippen molar-refractivity contribution < 1.29 is 22.7 Å². The number of nitrogens with two attached hydrogens (primary N) is 1. The zero-order valence-electron chi connectivity index (χ0n) is 17.3. The van der Waals surface area contributed by atoms with Crippen LogP contribution in [0.15, 0.2) is 36.7 Å². The number of aromatic nitrogens is 3. The molecule has 0 aliphatic carbocycles. The first-order valence-electron chi connectivity index (χ1n) is 10.1. The van der Waals surface area contributed by atoms with Crippen LogP contribution in [0, 0.1) is 0 Å². The third-order valence-electron chi connectivity index (χ3n) is 5.32. The highest BCUT2D eigenvalue weighted by Crippen LogP contribution is 2.28. The SMILES string of the molecule is Nc1ccc2c(C(=O)NCC(c3cnc(C(F)(F)F)nc3)N3CCOCC3)c(Cl)ccc2n1. The van der Waals surface area contributed by atoms with Crippen molar-refractivity contribution >= 4 is 34.2 Å². The van der Waals surface area contributed by atoms with Gasteiger partial charge in [0, 0.05) is 43.0 Å². The van der Waals surface area contributed by atoms with E-state index in [2.05, 4.69) is 20.3 Å². The summed E-state index contributed by atoms with van der Waals surface area (Å²) in [7, 11) is 0. The Hall–Kier alpha value is -3.02. The summed E-state index contributed by atoms with van der Waals surface area (Å²) in [5.41, 5.74) is 6.94. The van der Waals surface area contributed by atoms with Crippen molar-refractivity contribution in [2.45, 2.75) is 12.2 Å². The van der Waals surface area contributed by atoms with E-state index in [4.69, 9.17) is 22.1 Å². The predicted octanol–water partition coefficient (Wildman–Crippen LogP) is 3.08. The Morgan fingerprint density at radius 2 is 1.88 bits per heavy atom. The summed E-state index contributed by atoms with van der Waals surface area (Å²) in [6.07, 6.45) is -2.36. The number of ether oxygens (including phenoxy) is 1. The average molecular weight is 481 g/mol. The van der Waals surface area contributed by atoms with E-state index in [0.717, 1.165) is 12.4 Å². The Morgan fingerprint density at radius 3 is 2.55 bits per heavy atom. The van der Waals surface area contributed by atoms with E-state index >= 15 is 0 Å². The van der Waals surface area contributed by atoms with Crippen LogP contribution in [-0.2, 0) is 10.9 Å². The molecule has 1 aromatic carbocycles. The minimum absolute atomic E-state index is 0.0999. The summed E-state index contributed by atoms with van der Waals surface area (Å²) in [6.45, 7) is 2.12. The summed E-state index contributed by atoms with van der Waals surface area (Å²) >= 11 is 6.31. The summed E-state index contributed by atoms with van der Waals surface area (Å²) < 4.78 is 44.0. The second kappa shape index (κ2) is 9.46. The smallest absolute Gasteiger partial charge is 0.384 e. The molecule has 1 aliphatic heterocycles. The molecule has 1 fully saturated rings. The molecule has 2 aromatic heterocycles. The van der Waals surface area contributed by atoms with Crippen molar-refractivity contribution in [3.8, 4) is 0 Å².